The van der Waals surface area contributed by atoms with E-state index in [4.69, 9.17) is 27.9 Å². The first-order valence-electron chi connectivity index (χ1n) is 5.99. The van der Waals surface area contributed by atoms with E-state index in [0.29, 0.717) is 28.1 Å². The van der Waals surface area contributed by atoms with Crippen LogP contribution in [0.1, 0.15) is 12.5 Å². The number of nitrogens with one attached hydrogen (secondary N) is 1. The summed E-state index contributed by atoms with van der Waals surface area (Å²) in [5.74, 6) is 0.462. The van der Waals surface area contributed by atoms with Crippen molar-refractivity contribution in [1.82, 2.24) is 0 Å². The van der Waals surface area contributed by atoms with Gasteiger partial charge in [0.15, 0.2) is 0 Å². The summed E-state index contributed by atoms with van der Waals surface area (Å²) in [5, 5.41) is 3.74. The number of hydrogen-bond acceptors (Lipinski definition) is 2. The van der Waals surface area contributed by atoms with Gasteiger partial charge in [-0.3, -0.25) is 4.79 Å². The molecule has 0 aliphatic carbocycles. The molecule has 0 saturated heterocycles. The van der Waals surface area contributed by atoms with Crippen molar-refractivity contribution in [2.45, 2.75) is 13.5 Å². The molecule has 1 amide bonds. The molecule has 104 valence electrons. The van der Waals surface area contributed by atoms with E-state index >= 15 is 0 Å². The second kappa shape index (κ2) is 6.64. The van der Waals surface area contributed by atoms with Crippen LogP contribution in [0.2, 0.25) is 10.0 Å². The monoisotopic (exact) mass is 309 g/mol. The lowest BCUT2D eigenvalue weighted by Crippen LogP contribution is -2.06. The number of carbonyl (C=O) groups excluding carboxylic acids is 1. The van der Waals surface area contributed by atoms with Crippen LogP contribution in [0.15, 0.2) is 42.5 Å². The summed E-state index contributed by atoms with van der Waals surface area (Å²) in [7, 11) is 0. The zero-order valence-electron chi connectivity index (χ0n) is 10.8. The third-order valence-electron chi connectivity index (χ3n) is 2.55. The zero-order chi connectivity index (χ0) is 14.5. The molecule has 1 N–H and O–H groups in total. The fraction of sp³-hybridized carbons (Fsp3) is 0.133. The van der Waals surface area contributed by atoms with Crippen molar-refractivity contribution in [3.8, 4) is 5.75 Å². The number of amides is 1. The molecule has 2 rings (SSSR count). The molecule has 5 heteroatoms. The van der Waals surface area contributed by atoms with Gasteiger partial charge in [0.05, 0.1) is 10.7 Å². The Hall–Kier alpha value is -1.71. The molecule has 0 aliphatic heterocycles. The Bertz CT molecular complexity index is 629. The van der Waals surface area contributed by atoms with E-state index in [0.717, 1.165) is 5.56 Å². The van der Waals surface area contributed by atoms with E-state index in [1.807, 2.05) is 24.3 Å². The first-order valence-corrected chi connectivity index (χ1v) is 6.74. The molecule has 2 aromatic rings. The Balaban J connectivity index is 2.03. The van der Waals surface area contributed by atoms with Crippen molar-refractivity contribution >= 4 is 34.8 Å². The lowest BCUT2D eigenvalue weighted by atomic mass is 10.2. The highest BCUT2D eigenvalue weighted by molar-refractivity contribution is 6.33. The number of carbonyl (C=O) groups is 1. The van der Waals surface area contributed by atoms with Crippen molar-refractivity contribution in [3.63, 3.8) is 0 Å². The predicted octanol–water partition coefficient (Wildman–Crippen LogP) is 4.53. The van der Waals surface area contributed by atoms with Crippen LogP contribution in [-0.4, -0.2) is 5.91 Å². The smallest absolute Gasteiger partial charge is 0.221 e. The van der Waals surface area contributed by atoms with Crippen molar-refractivity contribution in [2.24, 2.45) is 0 Å². The molecule has 0 spiro atoms. The molecular weight excluding hydrogens is 297 g/mol. The van der Waals surface area contributed by atoms with Crippen molar-refractivity contribution < 1.29 is 9.53 Å². The van der Waals surface area contributed by atoms with Gasteiger partial charge >= 0.3 is 0 Å². The Labute approximate surface area is 127 Å². The SMILES string of the molecule is CC(=O)Nc1ccc(OCc2cccc(Cl)c2)cc1Cl. The minimum absolute atomic E-state index is 0.167. The van der Waals surface area contributed by atoms with Crippen LogP contribution in [-0.2, 0) is 11.4 Å². The van der Waals surface area contributed by atoms with E-state index in [2.05, 4.69) is 5.32 Å². The highest BCUT2D eigenvalue weighted by Crippen LogP contribution is 2.27. The normalized spacial score (nSPS) is 10.2. The van der Waals surface area contributed by atoms with Crippen molar-refractivity contribution in [1.29, 1.82) is 0 Å². The summed E-state index contributed by atoms with van der Waals surface area (Å²) in [4.78, 5) is 11.0. The lowest BCUT2D eigenvalue weighted by Gasteiger charge is -2.09. The van der Waals surface area contributed by atoms with E-state index in [9.17, 15) is 4.79 Å². The first kappa shape index (κ1) is 14.7. The van der Waals surface area contributed by atoms with Gasteiger partial charge in [0.1, 0.15) is 12.4 Å². The summed E-state index contributed by atoms with van der Waals surface area (Å²) in [6, 6.07) is 12.6. The number of anilines is 1. The maximum atomic E-state index is 11.0. The molecule has 0 saturated carbocycles. The third kappa shape index (κ3) is 4.15. The molecule has 0 bridgehead atoms. The Morgan fingerprint density at radius 2 is 2.00 bits per heavy atom. The van der Waals surface area contributed by atoms with Gasteiger partial charge in [-0.05, 0) is 29.8 Å². The van der Waals surface area contributed by atoms with Crippen LogP contribution in [0.4, 0.5) is 5.69 Å². The molecular formula is C15H13Cl2NO2. The van der Waals surface area contributed by atoms with Crippen LogP contribution in [0, 0.1) is 0 Å². The van der Waals surface area contributed by atoms with Crippen molar-refractivity contribution in [2.75, 3.05) is 5.32 Å². The number of halogens is 2. The Morgan fingerprint density at radius 1 is 1.20 bits per heavy atom. The molecule has 0 heterocycles. The Kier molecular flexibility index (Phi) is 4.88. The van der Waals surface area contributed by atoms with Gasteiger partial charge in [0.25, 0.3) is 0 Å². The second-order valence-corrected chi connectivity index (χ2v) is 5.09. The maximum absolute atomic E-state index is 11.0. The molecule has 0 atom stereocenters. The van der Waals surface area contributed by atoms with E-state index < -0.39 is 0 Å². The standard InChI is InChI=1S/C15H13Cl2NO2/c1-10(19)18-15-6-5-13(8-14(15)17)20-9-11-3-2-4-12(16)7-11/h2-8H,9H2,1H3,(H,18,19). The van der Waals surface area contributed by atoms with E-state index in [-0.39, 0.29) is 5.91 Å². The fourth-order valence-electron chi connectivity index (χ4n) is 1.67. The summed E-state index contributed by atoms with van der Waals surface area (Å²) >= 11 is 12.0. The number of benzene rings is 2. The quantitative estimate of drug-likeness (QED) is 0.901. The molecule has 0 aliphatic rings. The molecule has 0 unspecified atom stereocenters. The molecule has 0 aromatic heterocycles. The van der Waals surface area contributed by atoms with Crippen LogP contribution < -0.4 is 10.1 Å². The summed E-state index contributed by atoms with van der Waals surface area (Å²) < 4.78 is 5.63. The van der Waals surface area contributed by atoms with Crippen LogP contribution in [0.5, 0.6) is 5.75 Å². The maximum Gasteiger partial charge on any atom is 0.221 e. The van der Waals surface area contributed by atoms with Gasteiger partial charge in [-0.1, -0.05) is 35.3 Å². The minimum Gasteiger partial charge on any atom is -0.489 e. The minimum atomic E-state index is -0.167. The highest BCUT2D eigenvalue weighted by atomic mass is 35.5. The van der Waals surface area contributed by atoms with Crippen LogP contribution in [0.25, 0.3) is 0 Å². The van der Waals surface area contributed by atoms with Crippen LogP contribution in [0.3, 0.4) is 0 Å². The van der Waals surface area contributed by atoms with E-state index in [1.165, 1.54) is 6.92 Å². The molecule has 2 aromatic carbocycles. The zero-order valence-corrected chi connectivity index (χ0v) is 12.3. The Morgan fingerprint density at radius 3 is 2.65 bits per heavy atom. The second-order valence-electron chi connectivity index (χ2n) is 4.24. The van der Waals surface area contributed by atoms with E-state index in [1.54, 1.807) is 18.2 Å². The first-order chi connectivity index (χ1) is 9.54. The van der Waals surface area contributed by atoms with Crippen LogP contribution >= 0.6 is 23.2 Å². The van der Waals surface area contributed by atoms with Crippen molar-refractivity contribution in [3.05, 3.63) is 58.1 Å². The molecule has 3 nitrogen and oxygen atoms in total. The number of hydrogen-bond donors (Lipinski definition) is 1. The molecule has 0 fully saturated rings. The number of rotatable bonds is 4. The number of ether oxygens (including phenoxy) is 1. The largest absolute Gasteiger partial charge is 0.489 e. The molecule has 20 heavy (non-hydrogen) atoms. The fourth-order valence-corrected chi connectivity index (χ4v) is 2.10. The van der Waals surface area contributed by atoms with Gasteiger partial charge < -0.3 is 10.1 Å². The summed E-state index contributed by atoms with van der Waals surface area (Å²) in [6.07, 6.45) is 0. The predicted molar refractivity (Wildman–Crippen MR) is 81.5 cm³/mol. The lowest BCUT2D eigenvalue weighted by molar-refractivity contribution is -0.114. The highest BCUT2D eigenvalue weighted by Gasteiger charge is 2.04. The van der Waals surface area contributed by atoms with Gasteiger partial charge in [0, 0.05) is 18.0 Å². The van der Waals surface area contributed by atoms with Gasteiger partial charge in [-0.15, -0.1) is 0 Å². The topological polar surface area (TPSA) is 38.3 Å². The third-order valence-corrected chi connectivity index (χ3v) is 3.09. The average Bonchev–Trinajstić information content (AvgIpc) is 2.39. The van der Waals surface area contributed by atoms with Gasteiger partial charge in [0.2, 0.25) is 5.91 Å². The molecule has 0 radical (unpaired) electrons. The summed E-state index contributed by atoms with van der Waals surface area (Å²) in [5.41, 5.74) is 1.54. The summed E-state index contributed by atoms with van der Waals surface area (Å²) in [6.45, 7) is 1.83. The van der Waals surface area contributed by atoms with Gasteiger partial charge in [-0.25, -0.2) is 0 Å². The van der Waals surface area contributed by atoms with Gasteiger partial charge in [-0.2, -0.15) is 0 Å². The average molecular weight is 310 g/mol.